The number of hydrogen-bond acceptors (Lipinski definition) is 4. The Hall–Kier alpha value is -3.88. The van der Waals surface area contributed by atoms with Gasteiger partial charge in [0.25, 0.3) is 0 Å². The number of methoxy groups -OCH3 is 1. The largest absolute Gasteiger partial charge is 0.495 e. The monoisotopic (exact) mass is 545 g/mol. The molecule has 2 aromatic carbocycles. The second-order valence-electron chi connectivity index (χ2n) is 9.15. The van der Waals surface area contributed by atoms with Crippen molar-refractivity contribution in [1.29, 1.82) is 0 Å². The number of carbonyl (C=O) groups excluding carboxylic acids is 1. The van der Waals surface area contributed by atoms with Crippen LogP contribution in [-0.4, -0.2) is 39.1 Å². The van der Waals surface area contributed by atoms with E-state index in [2.05, 4.69) is 33.2 Å². The number of halogens is 1. The first-order valence-corrected chi connectivity index (χ1v) is 13.0. The van der Waals surface area contributed by atoms with E-state index in [1.54, 1.807) is 13.3 Å². The molecule has 1 aliphatic heterocycles. The molecule has 1 saturated heterocycles. The van der Waals surface area contributed by atoms with Crippen LogP contribution >= 0.6 is 23.8 Å². The van der Waals surface area contributed by atoms with Crippen LogP contribution in [0.25, 0.3) is 5.69 Å². The van der Waals surface area contributed by atoms with Crippen LogP contribution in [0.15, 0.2) is 79.0 Å². The number of ether oxygens (including phenoxy) is 1. The highest BCUT2D eigenvalue weighted by atomic mass is 35.5. The van der Waals surface area contributed by atoms with Crippen molar-refractivity contribution in [2.75, 3.05) is 19.0 Å². The molecule has 7 nitrogen and oxygen atoms in total. The molecule has 1 aliphatic rings. The normalized spacial score (nSPS) is 16.8. The Bertz CT molecular complexity index is 1480. The van der Waals surface area contributed by atoms with Crippen LogP contribution in [0, 0.1) is 13.8 Å². The number of para-hydroxylation sites is 1. The number of amides is 1. The van der Waals surface area contributed by atoms with Gasteiger partial charge in [-0.15, -0.1) is 0 Å². The molecule has 0 unspecified atom stereocenters. The molecule has 1 amide bonds. The van der Waals surface area contributed by atoms with Gasteiger partial charge in [-0.2, -0.15) is 0 Å². The fourth-order valence-corrected chi connectivity index (χ4v) is 5.56. The molecule has 2 atom stereocenters. The van der Waals surface area contributed by atoms with Gasteiger partial charge in [-0.25, -0.2) is 0 Å². The number of benzene rings is 2. The average molecular weight is 546 g/mol. The zero-order valence-corrected chi connectivity index (χ0v) is 22.9. The van der Waals surface area contributed by atoms with E-state index in [1.807, 2.05) is 78.6 Å². The van der Waals surface area contributed by atoms with Crippen LogP contribution in [0.5, 0.6) is 5.75 Å². The lowest BCUT2D eigenvalue weighted by Gasteiger charge is -2.27. The molecule has 4 aromatic rings. The zero-order valence-electron chi connectivity index (χ0n) is 21.3. The highest BCUT2D eigenvalue weighted by Gasteiger charge is 2.42. The molecule has 5 rings (SSSR count). The summed E-state index contributed by atoms with van der Waals surface area (Å²) in [6.07, 6.45) is 1.77. The standard InChI is InChI=1S/C29H28ClN5O2S/c1-18-15-22(19(2)35(18)24-16-20(30)12-13-25(24)37-3)28-27(23-11-7-8-14-31-23)33-29(38)34(28)17-26(36)32-21-9-5-4-6-10-21/h4-16,27-28H,17H2,1-3H3,(H,32,36)(H,33,38)/t27-,28+/m0/s1. The SMILES string of the molecule is COc1ccc(Cl)cc1-n1c(C)cc([C@@H]2[C@H](c3ccccn3)NC(=S)N2CC(=O)Nc2ccccc2)c1C. The molecule has 0 aliphatic carbocycles. The van der Waals surface area contributed by atoms with E-state index in [9.17, 15) is 4.79 Å². The molecule has 2 N–H and O–H groups in total. The lowest BCUT2D eigenvalue weighted by molar-refractivity contribution is -0.116. The van der Waals surface area contributed by atoms with Gasteiger partial charge in [-0.1, -0.05) is 35.9 Å². The first-order chi connectivity index (χ1) is 18.4. The molecule has 3 heterocycles. The van der Waals surface area contributed by atoms with E-state index in [4.69, 9.17) is 28.6 Å². The van der Waals surface area contributed by atoms with Crippen molar-refractivity contribution in [3.05, 3.63) is 107 Å². The van der Waals surface area contributed by atoms with Gasteiger partial charge >= 0.3 is 0 Å². The second kappa shape index (κ2) is 10.8. The van der Waals surface area contributed by atoms with E-state index in [0.717, 1.165) is 34.0 Å². The molecule has 2 aromatic heterocycles. The van der Waals surface area contributed by atoms with Crippen LogP contribution in [-0.2, 0) is 4.79 Å². The maximum atomic E-state index is 13.1. The van der Waals surface area contributed by atoms with Crippen molar-refractivity contribution < 1.29 is 9.53 Å². The minimum Gasteiger partial charge on any atom is -0.495 e. The average Bonchev–Trinajstić information content (AvgIpc) is 3.39. The first-order valence-electron chi connectivity index (χ1n) is 12.2. The van der Waals surface area contributed by atoms with Gasteiger partial charge in [0.05, 0.1) is 30.6 Å². The van der Waals surface area contributed by atoms with Crippen LogP contribution in [0.3, 0.4) is 0 Å². The maximum Gasteiger partial charge on any atom is 0.244 e. The Labute approximate surface area is 232 Å². The molecule has 0 spiro atoms. The third-order valence-electron chi connectivity index (χ3n) is 6.74. The van der Waals surface area contributed by atoms with E-state index < -0.39 is 0 Å². The van der Waals surface area contributed by atoms with Gasteiger partial charge in [-0.05, 0) is 80.2 Å². The number of nitrogens with zero attached hydrogens (tertiary/aromatic N) is 3. The van der Waals surface area contributed by atoms with Crippen LogP contribution in [0.4, 0.5) is 5.69 Å². The summed E-state index contributed by atoms with van der Waals surface area (Å²) in [5, 5.41) is 7.51. The Morgan fingerprint density at radius 2 is 1.87 bits per heavy atom. The minimum atomic E-state index is -0.274. The lowest BCUT2D eigenvalue weighted by Crippen LogP contribution is -2.37. The van der Waals surface area contributed by atoms with E-state index >= 15 is 0 Å². The topological polar surface area (TPSA) is 71.4 Å². The molecule has 194 valence electrons. The Kier molecular flexibility index (Phi) is 7.35. The molecule has 0 radical (unpaired) electrons. The highest BCUT2D eigenvalue weighted by Crippen LogP contribution is 2.42. The summed E-state index contributed by atoms with van der Waals surface area (Å²) in [6.45, 7) is 4.18. The van der Waals surface area contributed by atoms with E-state index in [1.165, 1.54) is 0 Å². The quantitative estimate of drug-likeness (QED) is 0.288. The number of carbonyl (C=O) groups is 1. The lowest BCUT2D eigenvalue weighted by atomic mass is 9.96. The van der Waals surface area contributed by atoms with Crippen molar-refractivity contribution in [2.24, 2.45) is 0 Å². The number of thiocarbonyl (C=S) groups is 1. The summed E-state index contributed by atoms with van der Waals surface area (Å²) < 4.78 is 7.78. The Morgan fingerprint density at radius 1 is 1.11 bits per heavy atom. The van der Waals surface area contributed by atoms with Gasteiger partial charge in [0.2, 0.25) is 5.91 Å². The Morgan fingerprint density at radius 3 is 2.58 bits per heavy atom. The molecule has 38 heavy (non-hydrogen) atoms. The molecule has 1 fully saturated rings. The van der Waals surface area contributed by atoms with E-state index in [-0.39, 0.29) is 24.5 Å². The number of hydrogen-bond donors (Lipinski definition) is 2. The predicted octanol–water partition coefficient (Wildman–Crippen LogP) is 5.76. The fourth-order valence-electron chi connectivity index (χ4n) is 5.09. The summed E-state index contributed by atoms with van der Waals surface area (Å²) >= 11 is 12.1. The number of aromatic nitrogens is 2. The van der Waals surface area contributed by atoms with Gasteiger partial charge in [0.15, 0.2) is 5.11 Å². The fraction of sp³-hybridized carbons (Fsp3) is 0.207. The summed E-state index contributed by atoms with van der Waals surface area (Å²) in [5.41, 5.74) is 5.45. The first kappa shape index (κ1) is 25.8. The van der Waals surface area contributed by atoms with Crippen molar-refractivity contribution in [3.8, 4) is 11.4 Å². The minimum absolute atomic E-state index is 0.0822. The van der Waals surface area contributed by atoms with Gasteiger partial charge in [0, 0.05) is 28.3 Å². The van der Waals surface area contributed by atoms with E-state index in [0.29, 0.717) is 15.9 Å². The number of anilines is 1. The number of nitrogens with one attached hydrogen (secondary N) is 2. The second-order valence-corrected chi connectivity index (χ2v) is 9.97. The molecule has 0 saturated carbocycles. The smallest absolute Gasteiger partial charge is 0.244 e. The highest BCUT2D eigenvalue weighted by molar-refractivity contribution is 7.80. The number of pyridine rings is 1. The van der Waals surface area contributed by atoms with Gasteiger partial charge in [0.1, 0.15) is 12.3 Å². The third-order valence-corrected chi connectivity index (χ3v) is 7.33. The van der Waals surface area contributed by atoms with Crippen molar-refractivity contribution >= 4 is 40.5 Å². The molecule has 0 bridgehead atoms. The summed E-state index contributed by atoms with van der Waals surface area (Å²) in [5.74, 6) is 0.556. The zero-order chi connectivity index (χ0) is 26.8. The molecular formula is C29H28ClN5O2S. The number of rotatable bonds is 7. The molecule has 9 heteroatoms. The summed E-state index contributed by atoms with van der Waals surface area (Å²) in [4.78, 5) is 19.7. The third kappa shape index (κ3) is 4.97. The van der Waals surface area contributed by atoms with Crippen LogP contribution in [0.2, 0.25) is 5.02 Å². The summed E-state index contributed by atoms with van der Waals surface area (Å²) in [7, 11) is 1.64. The van der Waals surface area contributed by atoms with Crippen LogP contribution in [0.1, 0.15) is 34.7 Å². The number of aryl methyl sites for hydroxylation is 1. The van der Waals surface area contributed by atoms with Gasteiger partial charge in [-0.3, -0.25) is 9.78 Å². The van der Waals surface area contributed by atoms with Crippen molar-refractivity contribution in [3.63, 3.8) is 0 Å². The van der Waals surface area contributed by atoms with Crippen molar-refractivity contribution in [1.82, 2.24) is 19.8 Å². The predicted molar refractivity (Wildman–Crippen MR) is 154 cm³/mol. The maximum absolute atomic E-state index is 13.1. The van der Waals surface area contributed by atoms with Crippen LogP contribution < -0.4 is 15.4 Å². The molecular weight excluding hydrogens is 518 g/mol. The van der Waals surface area contributed by atoms with Gasteiger partial charge < -0.3 is 24.8 Å². The summed E-state index contributed by atoms with van der Waals surface area (Å²) in [6, 6.07) is 22.4. The van der Waals surface area contributed by atoms with Crippen molar-refractivity contribution in [2.45, 2.75) is 25.9 Å². The Balaban J connectivity index is 1.57.